The number of hydrogen-bond donors (Lipinski definition) is 2. The monoisotopic (exact) mass is 381 g/mol. The molecule has 9 heteroatoms. The van der Waals surface area contributed by atoms with Gasteiger partial charge in [-0.25, -0.2) is 9.37 Å². The molecule has 0 unspecified atom stereocenters. The fourth-order valence-electron chi connectivity index (χ4n) is 2.74. The number of ether oxygens (including phenoxy) is 1. The number of fused-ring (bicyclic) bond motifs is 1. The summed E-state index contributed by atoms with van der Waals surface area (Å²) in [5.74, 6) is -1.75. The minimum atomic E-state index is -0.870. The van der Waals surface area contributed by atoms with E-state index < -0.39 is 28.6 Å². The number of aromatic hydroxyl groups is 1. The zero-order chi connectivity index (χ0) is 19.1. The second-order valence-electron chi connectivity index (χ2n) is 6.38. The Morgan fingerprint density at radius 2 is 2.23 bits per heavy atom. The summed E-state index contributed by atoms with van der Waals surface area (Å²) < 4.78 is 20.1. The van der Waals surface area contributed by atoms with Crippen molar-refractivity contribution in [1.29, 1.82) is 0 Å². The topological polar surface area (TPSA) is 93.5 Å². The fourth-order valence-corrected chi connectivity index (χ4v) is 2.95. The first-order valence-corrected chi connectivity index (χ1v) is 8.29. The van der Waals surface area contributed by atoms with E-state index in [9.17, 15) is 19.1 Å². The molecule has 0 aliphatic carbocycles. The first-order valence-electron chi connectivity index (χ1n) is 7.91. The summed E-state index contributed by atoms with van der Waals surface area (Å²) in [7, 11) is 0. The van der Waals surface area contributed by atoms with Gasteiger partial charge in [-0.3, -0.25) is 14.2 Å². The third kappa shape index (κ3) is 3.30. The molecular formula is C17H17ClFN3O4. The molecule has 1 aromatic heterocycles. The van der Waals surface area contributed by atoms with Crippen LogP contribution in [0.25, 0.3) is 0 Å². The van der Waals surface area contributed by atoms with Crippen LogP contribution in [0.5, 0.6) is 5.75 Å². The van der Waals surface area contributed by atoms with E-state index in [1.807, 2.05) is 0 Å². The van der Waals surface area contributed by atoms with Crippen molar-refractivity contribution in [3.8, 4) is 5.75 Å². The molecule has 2 aromatic rings. The van der Waals surface area contributed by atoms with Crippen LogP contribution in [0.1, 0.15) is 35.7 Å². The predicted octanol–water partition coefficient (Wildman–Crippen LogP) is 1.94. The molecule has 1 aliphatic heterocycles. The van der Waals surface area contributed by atoms with Crippen molar-refractivity contribution in [2.24, 2.45) is 0 Å². The van der Waals surface area contributed by atoms with Crippen LogP contribution in [-0.2, 0) is 23.4 Å². The van der Waals surface area contributed by atoms with Crippen LogP contribution in [0.2, 0.25) is 5.02 Å². The van der Waals surface area contributed by atoms with E-state index in [2.05, 4.69) is 10.3 Å². The third-order valence-electron chi connectivity index (χ3n) is 4.11. The number of carbonyl (C=O) groups is 1. The predicted molar refractivity (Wildman–Crippen MR) is 91.7 cm³/mol. The second kappa shape index (κ2) is 6.69. The lowest BCUT2D eigenvalue weighted by Crippen LogP contribution is -2.42. The SMILES string of the molecule is CC1(C)OCCn2c1nc(C(=O)NCc1ccc(F)c(Cl)c1)c(O)c2=O. The van der Waals surface area contributed by atoms with Gasteiger partial charge in [-0.1, -0.05) is 17.7 Å². The van der Waals surface area contributed by atoms with Gasteiger partial charge in [0.05, 0.1) is 18.2 Å². The normalized spacial score (nSPS) is 15.4. The number of halogens is 2. The van der Waals surface area contributed by atoms with Crippen LogP contribution < -0.4 is 10.9 Å². The van der Waals surface area contributed by atoms with E-state index in [4.69, 9.17) is 16.3 Å². The smallest absolute Gasteiger partial charge is 0.296 e. The number of rotatable bonds is 3. The number of carbonyl (C=O) groups excluding carboxylic acids is 1. The molecule has 7 nitrogen and oxygen atoms in total. The number of nitrogens with one attached hydrogen (secondary N) is 1. The van der Waals surface area contributed by atoms with Crippen molar-refractivity contribution in [2.75, 3.05) is 6.61 Å². The molecule has 2 N–H and O–H groups in total. The summed E-state index contributed by atoms with van der Waals surface area (Å²) in [6, 6.07) is 4.03. The van der Waals surface area contributed by atoms with Crippen molar-refractivity contribution in [3.05, 3.63) is 56.5 Å². The lowest BCUT2D eigenvalue weighted by Gasteiger charge is -2.32. The van der Waals surface area contributed by atoms with E-state index in [0.717, 1.165) is 0 Å². The summed E-state index contributed by atoms with van der Waals surface area (Å²) in [6.07, 6.45) is 0. The van der Waals surface area contributed by atoms with E-state index >= 15 is 0 Å². The van der Waals surface area contributed by atoms with Crippen molar-refractivity contribution < 1.29 is 19.0 Å². The van der Waals surface area contributed by atoms with Crippen molar-refractivity contribution in [2.45, 2.75) is 32.5 Å². The maximum Gasteiger partial charge on any atom is 0.296 e. The highest BCUT2D eigenvalue weighted by Gasteiger charge is 2.34. The Bertz CT molecular complexity index is 942. The molecule has 138 valence electrons. The molecule has 1 amide bonds. The zero-order valence-corrected chi connectivity index (χ0v) is 14.9. The van der Waals surface area contributed by atoms with Gasteiger partial charge in [0.1, 0.15) is 17.2 Å². The van der Waals surface area contributed by atoms with Gasteiger partial charge in [-0.15, -0.1) is 0 Å². The molecule has 1 aromatic carbocycles. The van der Waals surface area contributed by atoms with Gasteiger partial charge in [0.2, 0.25) is 5.75 Å². The Balaban J connectivity index is 1.89. The number of nitrogens with zero attached hydrogens (tertiary/aromatic N) is 2. The Labute approximate surface area is 153 Å². The largest absolute Gasteiger partial charge is 0.501 e. The van der Waals surface area contributed by atoms with E-state index in [1.54, 1.807) is 13.8 Å². The molecule has 0 spiro atoms. The third-order valence-corrected chi connectivity index (χ3v) is 4.40. The van der Waals surface area contributed by atoms with Crippen molar-refractivity contribution in [1.82, 2.24) is 14.9 Å². The molecule has 1 aliphatic rings. The zero-order valence-electron chi connectivity index (χ0n) is 14.2. The Morgan fingerprint density at radius 3 is 2.92 bits per heavy atom. The minimum Gasteiger partial charge on any atom is -0.501 e. The van der Waals surface area contributed by atoms with Gasteiger partial charge in [-0.2, -0.15) is 0 Å². The number of aromatic nitrogens is 2. The Morgan fingerprint density at radius 1 is 1.50 bits per heavy atom. The van der Waals surface area contributed by atoms with Crippen LogP contribution in [0.3, 0.4) is 0 Å². The van der Waals surface area contributed by atoms with Gasteiger partial charge in [0.15, 0.2) is 5.69 Å². The van der Waals surface area contributed by atoms with Gasteiger partial charge in [0.25, 0.3) is 11.5 Å². The van der Waals surface area contributed by atoms with Crippen molar-refractivity contribution in [3.63, 3.8) is 0 Å². The second-order valence-corrected chi connectivity index (χ2v) is 6.79. The molecule has 26 heavy (non-hydrogen) atoms. The maximum atomic E-state index is 13.2. The van der Waals surface area contributed by atoms with Crippen molar-refractivity contribution >= 4 is 17.5 Å². The highest BCUT2D eigenvalue weighted by Crippen LogP contribution is 2.27. The van der Waals surface area contributed by atoms with Crippen LogP contribution in [-0.4, -0.2) is 27.2 Å². The molecule has 3 rings (SSSR count). The summed E-state index contributed by atoms with van der Waals surface area (Å²) in [4.78, 5) is 28.9. The van der Waals surface area contributed by atoms with E-state index in [-0.39, 0.29) is 29.6 Å². The summed E-state index contributed by atoms with van der Waals surface area (Å²) in [5, 5.41) is 12.6. The Kier molecular flexibility index (Phi) is 4.72. The van der Waals surface area contributed by atoms with Gasteiger partial charge in [-0.05, 0) is 31.5 Å². The van der Waals surface area contributed by atoms with Gasteiger partial charge >= 0.3 is 0 Å². The number of amides is 1. The highest BCUT2D eigenvalue weighted by atomic mass is 35.5. The fraction of sp³-hybridized carbons (Fsp3) is 0.353. The highest BCUT2D eigenvalue weighted by molar-refractivity contribution is 6.30. The van der Waals surface area contributed by atoms with Gasteiger partial charge < -0.3 is 15.2 Å². The number of benzene rings is 1. The van der Waals surface area contributed by atoms with Crippen LogP contribution in [0.4, 0.5) is 4.39 Å². The van der Waals surface area contributed by atoms with Crippen LogP contribution in [0.15, 0.2) is 23.0 Å². The molecule has 0 fully saturated rings. The standard InChI is InChI=1S/C17H17ClFN3O4/c1-17(2)16-21-12(13(23)15(25)22(16)5-6-26-17)14(24)20-8-9-3-4-11(19)10(18)7-9/h3-4,7,23H,5-6,8H2,1-2H3,(H,20,24). The molecular weight excluding hydrogens is 365 g/mol. The lowest BCUT2D eigenvalue weighted by atomic mass is 10.1. The molecule has 0 atom stereocenters. The minimum absolute atomic E-state index is 0.0261. The quantitative estimate of drug-likeness (QED) is 0.847. The average Bonchev–Trinajstić information content (AvgIpc) is 2.59. The summed E-state index contributed by atoms with van der Waals surface area (Å²) in [6.45, 7) is 4.03. The first-order chi connectivity index (χ1) is 12.2. The van der Waals surface area contributed by atoms with Crippen LogP contribution in [0, 0.1) is 5.82 Å². The molecule has 0 saturated carbocycles. The maximum absolute atomic E-state index is 13.2. The molecule has 0 bridgehead atoms. The first kappa shape index (κ1) is 18.3. The van der Waals surface area contributed by atoms with Crippen LogP contribution >= 0.6 is 11.6 Å². The van der Waals surface area contributed by atoms with E-state index in [0.29, 0.717) is 12.2 Å². The number of hydrogen-bond acceptors (Lipinski definition) is 5. The van der Waals surface area contributed by atoms with Gasteiger partial charge in [0, 0.05) is 6.54 Å². The van der Waals surface area contributed by atoms with E-state index in [1.165, 1.54) is 22.8 Å². The summed E-state index contributed by atoms with van der Waals surface area (Å²) >= 11 is 5.70. The lowest BCUT2D eigenvalue weighted by molar-refractivity contribution is -0.0566. The molecule has 2 heterocycles. The molecule has 0 saturated heterocycles. The summed E-state index contributed by atoms with van der Waals surface area (Å²) in [5.41, 5.74) is -1.39. The average molecular weight is 382 g/mol. The Hall–Kier alpha value is -2.45. The molecule has 0 radical (unpaired) electrons.